The molecule has 0 radical (unpaired) electrons. The standard InChI is InChI=1S/C18H31NO5/c1-8-23-16(21)15-13(9-10-20)14(11(2)3)12(4)19(15)17(22)24-18(5,6)7/h12-15,20H,2,8-10H2,1,3-7H3/t12-,13-,14-,15-/m0/s1/i2D2,3D3,14D. The first-order valence-electron chi connectivity index (χ1n) is 11.0. The van der Waals surface area contributed by atoms with Crippen LogP contribution in [0.5, 0.6) is 0 Å². The Morgan fingerprint density at radius 3 is 2.58 bits per heavy atom. The van der Waals surface area contributed by atoms with Gasteiger partial charge >= 0.3 is 12.1 Å². The summed E-state index contributed by atoms with van der Waals surface area (Å²) in [4.78, 5) is 26.7. The summed E-state index contributed by atoms with van der Waals surface area (Å²) in [5.41, 5.74) is -1.74. The first-order valence-corrected chi connectivity index (χ1v) is 8.01. The first-order chi connectivity index (χ1) is 13.5. The van der Waals surface area contributed by atoms with Crippen LogP contribution in [0.4, 0.5) is 4.79 Å². The molecule has 1 fully saturated rings. The van der Waals surface area contributed by atoms with Crippen LogP contribution < -0.4 is 0 Å². The van der Waals surface area contributed by atoms with Crippen LogP contribution >= 0.6 is 0 Å². The number of nitrogens with zero attached hydrogens (tertiary/aromatic N) is 1. The number of rotatable bonds is 5. The van der Waals surface area contributed by atoms with Crippen LogP contribution in [0.3, 0.4) is 0 Å². The zero-order valence-electron chi connectivity index (χ0n) is 20.9. The van der Waals surface area contributed by atoms with Crippen LogP contribution in [-0.4, -0.2) is 53.0 Å². The van der Waals surface area contributed by atoms with Gasteiger partial charge in [-0.05, 0) is 47.9 Å². The van der Waals surface area contributed by atoms with Gasteiger partial charge in [-0.2, -0.15) is 0 Å². The minimum absolute atomic E-state index is 0.0210. The zero-order valence-corrected chi connectivity index (χ0v) is 14.9. The Labute approximate surface area is 153 Å². The topological polar surface area (TPSA) is 76.1 Å². The van der Waals surface area contributed by atoms with Gasteiger partial charge in [0.05, 0.1) is 9.35 Å². The Hall–Kier alpha value is -1.56. The fourth-order valence-electron chi connectivity index (χ4n) is 3.00. The van der Waals surface area contributed by atoms with Gasteiger partial charge in [0.1, 0.15) is 11.6 Å². The Balaban J connectivity index is 3.76. The molecule has 1 amide bonds. The molecule has 6 heteroatoms. The van der Waals surface area contributed by atoms with Crippen molar-refractivity contribution in [1.82, 2.24) is 4.90 Å². The second-order valence-corrected chi connectivity index (χ2v) is 6.71. The molecule has 0 aromatic rings. The highest BCUT2D eigenvalue weighted by atomic mass is 16.6. The van der Waals surface area contributed by atoms with Gasteiger partial charge in [0, 0.05) is 29.9 Å². The highest BCUT2D eigenvalue weighted by Crippen LogP contribution is 2.42. The maximum atomic E-state index is 13.0. The van der Waals surface area contributed by atoms with E-state index in [0.717, 1.165) is 4.90 Å². The van der Waals surface area contributed by atoms with Gasteiger partial charge in [-0.15, -0.1) is 0 Å². The molecule has 0 unspecified atom stereocenters. The molecule has 24 heavy (non-hydrogen) atoms. The number of esters is 1. The molecule has 4 atom stereocenters. The quantitative estimate of drug-likeness (QED) is 0.611. The second kappa shape index (κ2) is 8.01. The Bertz CT molecular complexity index is 686. The number of hydrogen-bond acceptors (Lipinski definition) is 5. The van der Waals surface area contributed by atoms with Crippen molar-refractivity contribution in [2.75, 3.05) is 13.2 Å². The number of likely N-dealkylation sites (tertiary alicyclic amines) is 1. The summed E-state index contributed by atoms with van der Waals surface area (Å²) in [7, 11) is 0. The average Bonchev–Trinajstić information content (AvgIpc) is 2.74. The Kier molecular flexibility index (Phi) is 4.26. The third-order valence-electron chi connectivity index (χ3n) is 3.81. The maximum Gasteiger partial charge on any atom is 0.411 e. The molecule has 1 aliphatic rings. The molecule has 0 aromatic heterocycles. The highest BCUT2D eigenvalue weighted by Gasteiger charge is 2.53. The van der Waals surface area contributed by atoms with E-state index in [1.54, 1.807) is 27.7 Å². The Morgan fingerprint density at radius 1 is 1.46 bits per heavy atom. The van der Waals surface area contributed by atoms with Crippen LogP contribution in [0.2, 0.25) is 0 Å². The van der Waals surface area contributed by atoms with Gasteiger partial charge in [0.2, 0.25) is 0 Å². The molecule has 138 valence electrons. The lowest BCUT2D eigenvalue weighted by Gasteiger charge is -2.31. The number of amides is 1. The largest absolute Gasteiger partial charge is 0.464 e. The van der Waals surface area contributed by atoms with E-state index in [1.807, 2.05) is 0 Å². The fraction of sp³-hybridized carbons (Fsp3) is 0.778. The van der Waals surface area contributed by atoms with Crippen LogP contribution in [0, 0.1) is 11.8 Å². The van der Waals surface area contributed by atoms with Crippen LogP contribution in [-0.2, 0) is 14.3 Å². The fourth-order valence-corrected chi connectivity index (χ4v) is 3.00. The highest BCUT2D eigenvalue weighted by molar-refractivity contribution is 5.83. The van der Waals surface area contributed by atoms with Crippen molar-refractivity contribution in [2.24, 2.45) is 11.8 Å². The van der Waals surface area contributed by atoms with Crippen molar-refractivity contribution in [3.05, 3.63) is 12.1 Å². The van der Waals surface area contributed by atoms with Crippen molar-refractivity contribution in [2.45, 2.75) is 65.6 Å². The van der Waals surface area contributed by atoms with Gasteiger partial charge in [-0.1, -0.05) is 12.1 Å². The average molecular weight is 347 g/mol. The van der Waals surface area contributed by atoms with E-state index in [2.05, 4.69) is 0 Å². The predicted octanol–water partition coefficient (Wildman–Crippen LogP) is 2.75. The van der Waals surface area contributed by atoms with Gasteiger partial charge in [0.25, 0.3) is 0 Å². The van der Waals surface area contributed by atoms with E-state index in [-0.39, 0.29) is 13.0 Å². The molecule has 6 nitrogen and oxygen atoms in total. The molecule has 1 rings (SSSR count). The van der Waals surface area contributed by atoms with Crippen LogP contribution in [0.25, 0.3) is 0 Å². The normalized spacial score (nSPS) is 34.1. The van der Waals surface area contributed by atoms with Crippen LogP contribution in [0.1, 0.15) is 56.1 Å². The minimum atomic E-state index is -2.99. The molecular formula is C18H31NO5. The van der Waals surface area contributed by atoms with Gasteiger partial charge in [0.15, 0.2) is 0 Å². The number of aliphatic hydroxyl groups is 1. The summed E-state index contributed by atoms with van der Waals surface area (Å²) in [6, 6.07) is -2.67. The number of carbonyl (C=O) groups excluding carboxylic acids is 2. The van der Waals surface area contributed by atoms with E-state index < -0.39 is 67.1 Å². The summed E-state index contributed by atoms with van der Waals surface area (Å²) in [5.74, 6) is -4.32. The second-order valence-electron chi connectivity index (χ2n) is 6.71. The lowest BCUT2D eigenvalue weighted by Crippen LogP contribution is -2.48. The summed E-state index contributed by atoms with van der Waals surface area (Å²) in [5, 5.41) is 9.59. The van der Waals surface area contributed by atoms with Crippen molar-refractivity contribution in [3.8, 4) is 0 Å². The molecule has 0 saturated carbocycles. The SMILES string of the molecule is [2H]C([2H])=C(C([2H])([2H])[2H])[C@]1([2H])[C@H](CCO)[C@@H](C(=O)OCC)N(C(=O)OC(C)(C)C)[C@H]1C. The molecule has 1 aliphatic heterocycles. The summed E-state index contributed by atoms with van der Waals surface area (Å²) in [6.07, 6.45) is -1.17. The van der Waals surface area contributed by atoms with Gasteiger partial charge in [-0.25, -0.2) is 9.59 Å². The zero-order chi connectivity index (χ0) is 23.7. The molecule has 1 heterocycles. The number of hydrogen-bond donors (Lipinski definition) is 1. The first kappa shape index (κ1) is 12.8. The summed E-state index contributed by atoms with van der Waals surface area (Å²) >= 11 is 0. The smallest absolute Gasteiger partial charge is 0.411 e. The third-order valence-corrected chi connectivity index (χ3v) is 3.81. The number of carbonyl (C=O) groups is 2. The molecule has 0 aliphatic carbocycles. The maximum absolute atomic E-state index is 13.0. The summed E-state index contributed by atoms with van der Waals surface area (Å²) in [6.45, 7) is 3.16. The van der Waals surface area contributed by atoms with Crippen molar-refractivity contribution in [3.63, 3.8) is 0 Å². The van der Waals surface area contributed by atoms with E-state index in [0.29, 0.717) is 0 Å². The van der Waals surface area contributed by atoms with E-state index in [9.17, 15) is 14.7 Å². The number of aliphatic hydroxyl groups excluding tert-OH is 1. The number of ether oxygens (including phenoxy) is 2. The van der Waals surface area contributed by atoms with E-state index >= 15 is 0 Å². The molecule has 1 N–H and O–H groups in total. The van der Waals surface area contributed by atoms with Crippen molar-refractivity contribution >= 4 is 12.1 Å². The lowest BCUT2D eigenvalue weighted by molar-refractivity contribution is -0.150. The molecular weight excluding hydrogens is 310 g/mol. The monoisotopic (exact) mass is 347 g/mol. The van der Waals surface area contributed by atoms with Crippen molar-refractivity contribution < 1.29 is 32.4 Å². The minimum Gasteiger partial charge on any atom is -0.464 e. The molecule has 0 bridgehead atoms. The lowest BCUT2D eigenvalue weighted by atomic mass is 9.81. The molecule has 1 saturated heterocycles. The Morgan fingerprint density at radius 2 is 2.12 bits per heavy atom. The summed E-state index contributed by atoms with van der Waals surface area (Å²) < 4.78 is 58.4. The van der Waals surface area contributed by atoms with E-state index in [1.165, 1.54) is 6.92 Å². The predicted molar refractivity (Wildman–Crippen MR) is 91.5 cm³/mol. The van der Waals surface area contributed by atoms with Crippen molar-refractivity contribution in [1.29, 1.82) is 0 Å². The van der Waals surface area contributed by atoms with Crippen LogP contribution in [0.15, 0.2) is 12.1 Å². The third kappa shape index (κ3) is 4.50. The molecule has 0 spiro atoms. The molecule has 0 aromatic carbocycles. The van der Waals surface area contributed by atoms with Gasteiger partial charge < -0.3 is 14.6 Å². The van der Waals surface area contributed by atoms with E-state index in [4.69, 9.17) is 17.7 Å². The van der Waals surface area contributed by atoms with Gasteiger partial charge in [-0.3, -0.25) is 4.90 Å².